The number of nitrogen functional groups attached to an aromatic ring is 1. The van der Waals surface area contributed by atoms with E-state index in [1.165, 1.54) is 10.4 Å². The topological polar surface area (TPSA) is 86.9 Å². The number of aliphatic hydroxyl groups is 1. The number of aliphatic hydroxyl groups excluding tert-OH is 1. The molecule has 1 saturated heterocycles. The minimum atomic E-state index is -3.56. The molecule has 1 aliphatic rings. The lowest BCUT2D eigenvalue weighted by atomic mass is 10.2. The number of sulfonamides is 1. The summed E-state index contributed by atoms with van der Waals surface area (Å²) in [6, 6.07) is 1.27. The zero-order valence-electron chi connectivity index (χ0n) is 11.0. The standard InChI is InChI=1S/C11H19N3O3S2/c1-13(2)5-9-4-10(15)6-14(9)19(16,17)11-3-8(12)7-18-11/h3,7,9-10,15H,4-6,12H2,1-2H3. The second kappa shape index (κ2) is 5.37. The molecule has 1 fully saturated rings. The molecule has 19 heavy (non-hydrogen) atoms. The zero-order valence-corrected chi connectivity index (χ0v) is 12.6. The Labute approximate surface area is 117 Å². The summed E-state index contributed by atoms with van der Waals surface area (Å²) in [5.74, 6) is 0. The molecule has 2 unspecified atom stereocenters. The Balaban J connectivity index is 2.28. The van der Waals surface area contributed by atoms with E-state index in [1.54, 1.807) is 5.38 Å². The Kier molecular flexibility index (Phi) is 4.17. The van der Waals surface area contributed by atoms with Gasteiger partial charge in [-0.25, -0.2) is 8.42 Å². The highest BCUT2D eigenvalue weighted by molar-refractivity contribution is 7.91. The van der Waals surface area contributed by atoms with Gasteiger partial charge >= 0.3 is 0 Å². The molecule has 1 aliphatic heterocycles. The minimum Gasteiger partial charge on any atom is -0.398 e. The van der Waals surface area contributed by atoms with Gasteiger partial charge in [0.05, 0.1) is 6.10 Å². The normalized spacial score (nSPS) is 25.3. The molecule has 3 N–H and O–H groups in total. The largest absolute Gasteiger partial charge is 0.398 e. The van der Waals surface area contributed by atoms with Crippen LogP contribution in [0, 0.1) is 0 Å². The fraction of sp³-hybridized carbons (Fsp3) is 0.636. The summed E-state index contributed by atoms with van der Waals surface area (Å²) in [4.78, 5) is 1.92. The Morgan fingerprint density at radius 1 is 1.58 bits per heavy atom. The number of β-amino-alcohol motifs (C(OH)–C–C–N with tert-alkyl or cyclic N) is 1. The van der Waals surface area contributed by atoms with Gasteiger partial charge in [-0.1, -0.05) is 0 Å². The van der Waals surface area contributed by atoms with Crippen LogP contribution in [0.15, 0.2) is 15.7 Å². The van der Waals surface area contributed by atoms with Crippen LogP contribution in [-0.4, -0.2) is 62.1 Å². The van der Waals surface area contributed by atoms with Gasteiger partial charge < -0.3 is 15.7 Å². The van der Waals surface area contributed by atoms with Crippen molar-refractivity contribution >= 4 is 27.0 Å². The first-order chi connectivity index (χ1) is 8.80. The van der Waals surface area contributed by atoms with Gasteiger partial charge in [0.1, 0.15) is 4.21 Å². The average molecular weight is 305 g/mol. The third kappa shape index (κ3) is 3.09. The van der Waals surface area contributed by atoms with Gasteiger partial charge in [-0.2, -0.15) is 4.31 Å². The van der Waals surface area contributed by atoms with Crippen molar-refractivity contribution in [3.8, 4) is 0 Å². The Bertz CT molecular complexity index is 541. The molecule has 0 radical (unpaired) electrons. The van der Waals surface area contributed by atoms with E-state index in [2.05, 4.69) is 0 Å². The van der Waals surface area contributed by atoms with E-state index in [0.717, 1.165) is 11.3 Å². The van der Waals surface area contributed by atoms with Crippen molar-refractivity contribution in [2.75, 3.05) is 32.9 Å². The van der Waals surface area contributed by atoms with Crippen LogP contribution in [0.25, 0.3) is 0 Å². The highest BCUT2D eigenvalue weighted by Gasteiger charge is 2.40. The van der Waals surface area contributed by atoms with Crippen molar-refractivity contribution in [2.45, 2.75) is 22.8 Å². The monoisotopic (exact) mass is 305 g/mol. The maximum Gasteiger partial charge on any atom is 0.253 e. The second-order valence-corrected chi connectivity index (χ2v) is 8.11. The van der Waals surface area contributed by atoms with E-state index in [9.17, 15) is 13.5 Å². The SMILES string of the molecule is CN(C)CC1CC(O)CN1S(=O)(=O)c1cc(N)cs1. The molecule has 6 nitrogen and oxygen atoms in total. The number of nitrogens with two attached hydrogens (primary N) is 1. The van der Waals surface area contributed by atoms with E-state index in [0.29, 0.717) is 18.7 Å². The van der Waals surface area contributed by atoms with Gasteiger partial charge in [0.15, 0.2) is 0 Å². The Morgan fingerprint density at radius 3 is 2.79 bits per heavy atom. The lowest BCUT2D eigenvalue weighted by Gasteiger charge is -2.25. The van der Waals surface area contributed by atoms with Crippen LogP contribution >= 0.6 is 11.3 Å². The van der Waals surface area contributed by atoms with E-state index in [4.69, 9.17) is 5.73 Å². The van der Waals surface area contributed by atoms with Gasteiger partial charge in [-0.05, 0) is 26.6 Å². The molecule has 0 spiro atoms. The molecule has 0 bridgehead atoms. The van der Waals surface area contributed by atoms with Gasteiger partial charge in [-0.15, -0.1) is 11.3 Å². The number of likely N-dealkylation sites (N-methyl/N-ethyl adjacent to an activating group) is 1. The molecule has 0 aliphatic carbocycles. The number of nitrogens with zero attached hydrogens (tertiary/aromatic N) is 2. The third-order valence-electron chi connectivity index (χ3n) is 3.08. The van der Waals surface area contributed by atoms with E-state index in [1.807, 2.05) is 19.0 Å². The third-order valence-corrected chi connectivity index (χ3v) is 6.43. The highest BCUT2D eigenvalue weighted by Crippen LogP contribution is 2.30. The van der Waals surface area contributed by atoms with Gasteiger partial charge in [-0.3, -0.25) is 0 Å². The van der Waals surface area contributed by atoms with Crippen LogP contribution < -0.4 is 5.73 Å². The number of hydrogen-bond acceptors (Lipinski definition) is 6. The molecule has 1 aromatic heterocycles. The fourth-order valence-corrected chi connectivity index (χ4v) is 5.20. The Hall–Kier alpha value is -0.670. The van der Waals surface area contributed by atoms with Gasteiger partial charge in [0.2, 0.25) is 0 Å². The van der Waals surface area contributed by atoms with Crippen LogP contribution in [0.5, 0.6) is 0 Å². The molecule has 1 aromatic rings. The number of thiophene rings is 1. The van der Waals surface area contributed by atoms with Crippen molar-refractivity contribution in [3.63, 3.8) is 0 Å². The van der Waals surface area contributed by atoms with Crippen LogP contribution in [-0.2, 0) is 10.0 Å². The highest BCUT2D eigenvalue weighted by atomic mass is 32.2. The Morgan fingerprint density at radius 2 is 2.26 bits per heavy atom. The summed E-state index contributed by atoms with van der Waals surface area (Å²) in [6.07, 6.45) is -0.129. The van der Waals surface area contributed by atoms with Gasteiger partial charge in [0, 0.05) is 30.2 Å². The fourth-order valence-electron chi connectivity index (χ4n) is 2.33. The van der Waals surface area contributed by atoms with Crippen LogP contribution in [0.2, 0.25) is 0 Å². The smallest absolute Gasteiger partial charge is 0.253 e. The van der Waals surface area contributed by atoms with Crippen molar-refractivity contribution in [1.29, 1.82) is 0 Å². The lowest BCUT2D eigenvalue weighted by Crippen LogP contribution is -2.41. The first-order valence-electron chi connectivity index (χ1n) is 5.99. The molecule has 2 atom stereocenters. The van der Waals surface area contributed by atoms with E-state index in [-0.39, 0.29) is 16.8 Å². The van der Waals surface area contributed by atoms with Crippen molar-refractivity contribution in [1.82, 2.24) is 9.21 Å². The molecule has 2 heterocycles. The summed E-state index contributed by atoms with van der Waals surface area (Å²) in [5, 5.41) is 11.4. The van der Waals surface area contributed by atoms with Gasteiger partial charge in [0.25, 0.3) is 10.0 Å². The van der Waals surface area contributed by atoms with Crippen LogP contribution in [0.3, 0.4) is 0 Å². The summed E-state index contributed by atoms with van der Waals surface area (Å²) >= 11 is 1.12. The maximum absolute atomic E-state index is 12.5. The van der Waals surface area contributed by atoms with Crippen molar-refractivity contribution in [2.24, 2.45) is 0 Å². The number of rotatable bonds is 4. The minimum absolute atomic E-state index is 0.151. The van der Waals surface area contributed by atoms with Crippen molar-refractivity contribution < 1.29 is 13.5 Å². The first-order valence-corrected chi connectivity index (χ1v) is 8.31. The lowest BCUT2D eigenvalue weighted by molar-refractivity contribution is 0.188. The molecular formula is C11H19N3O3S2. The molecule has 0 aromatic carbocycles. The molecular weight excluding hydrogens is 286 g/mol. The summed E-state index contributed by atoms with van der Waals surface area (Å²) in [6.45, 7) is 0.746. The predicted molar refractivity (Wildman–Crippen MR) is 75.6 cm³/mol. The summed E-state index contributed by atoms with van der Waals surface area (Å²) in [7, 11) is 0.215. The molecule has 108 valence electrons. The molecule has 2 rings (SSSR count). The summed E-state index contributed by atoms with van der Waals surface area (Å²) < 4.78 is 26.7. The molecule has 8 heteroatoms. The first kappa shape index (κ1) is 14.7. The molecule has 0 amide bonds. The van der Waals surface area contributed by atoms with E-state index < -0.39 is 16.1 Å². The van der Waals surface area contributed by atoms with Crippen LogP contribution in [0.1, 0.15) is 6.42 Å². The summed E-state index contributed by atoms with van der Waals surface area (Å²) in [5.41, 5.74) is 6.04. The number of hydrogen-bond donors (Lipinski definition) is 2. The zero-order chi connectivity index (χ0) is 14.2. The second-order valence-electron chi connectivity index (χ2n) is 5.08. The quantitative estimate of drug-likeness (QED) is 0.819. The average Bonchev–Trinajstić information content (AvgIpc) is 2.85. The van der Waals surface area contributed by atoms with E-state index >= 15 is 0 Å². The van der Waals surface area contributed by atoms with Crippen molar-refractivity contribution in [3.05, 3.63) is 11.4 Å². The maximum atomic E-state index is 12.5. The predicted octanol–water partition coefficient (Wildman–Crippen LogP) is 0.0158. The molecule has 0 saturated carbocycles. The van der Waals surface area contributed by atoms with Crippen LogP contribution in [0.4, 0.5) is 5.69 Å². The number of anilines is 1.